The Labute approximate surface area is 142 Å². The van der Waals surface area contributed by atoms with Crippen LogP contribution >= 0.6 is 0 Å². The summed E-state index contributed by atoms with van der Waals surface area (Å²) in [5.74, 6) is -0.310. The molecule has 0 saturated heterocycles. The van der Waals surface area contributed by atoms with Crippen molar-refractivity contribution >= 4 is 11.7 Å². The number of carbonyl (C=O) groups excluding carboxylic acids is 1. The third-order valence-corrected chi connectivity index (χ3v) is 3.31. The molecule has 0 aliphatic carbocycles. The van der Waals surface area contributed by atoms with Gasteiger partial charge in [-0.3, -0.25) is 0 Å². The van der Waals surface area contributed by atoms with Crippen molar-refractivity contribution in [1.29, 1.82) is 0 Å². The van der Waals surface area contributed by atoms with Crippen LogP contribution in [0.25, 0.3) is 0 Å². The second-order valence-corrected chi connectivity index (χ2v) is 5.08. The van der Waals surface area contributed by atoms with E-state index in [4.69, 9.17) is 9.57 Å². The zero-order valence-corrected chi connectivity index (χ0v) is 13.8. The summed E-state index contributed by atoms with van der Waals surface area (Å²) in [7, 11) is 0. The van der Waals surface area contributed by atoms with Crippen molar-refractivity contribution < 1.29 is 14.4 Å². The fraction of sp³-hybridized carbons (Fsp3) is 0.200. The molecule has 2 aromatic rings. The molecule has 0 heterocycles. The Kier molecular flexibility index (Phi) is 6.77. The van der Waals surface area contributed by atoms with E-state index in [0.717, 1.165) is 16.8 Å². The lowest BCUT2D eigenvalue weighted by molar-refractivity contribution is 0.0526. The zero-order valence-electron chi connectivity index (χ0n) is 13.8. The molecular formula is C20H21NO3. The molecule has 0 bridgehead atoms. The van der Waals surface area contributed by atoms with Crippen molar-refractivity contribution in [3.63, 3.8) is 0 Å². The molecule has 24 heavy (non-hydrogen) atoms. The lowest BCUT2D eigenvalue weighted by Crippen LogP contribution is -2.08. The predicted octanol–water partition coefficient (Wildman–Crippen LogP) is 4.01. The van der Waals surface area contributed by atoms with Crippen LogP contribution in [0.15, 0.2) is 72.4 Å². The minimum atomic E-state index is -0.310. The zero-order chi connectivity index (χ0) is 17.2. The number of esters is 1. The van der Waals surface area contributed by atoms with Gasteiger partial charge < -0.3 is 9.57 Å². The van der Waals surface area contributed by atoms with Crippen LogP contribution in [0.5, 0.6) is 0 Å². The number of benzene rings is 2. The number of hydrogen-bond acceptors (Lipinski definition) is 4. The third kappa shape index (κ3) is 5.09. The van der Waals surface area contributed by atoms with E-state index in [1.165, 1.54) is 0 Å². The standard InChI is InChI=1S/C20H21NO3/c1-3-14-24-21-19(17-8-6-5-7-9-17)15-16-10-12-18(13-11-16)20(22)23-4-2/h3,5-13H,1,4,14-15H2,2H3/b21-19+. The summed E-state index contributed by atoms with van der Waals surface area (Å²) in [5, 5.41) is 4.22. The molecule has 0 amide bonds. The largest absolute Gasteiger partial charge is 0.462 e. The van der Waals surface area contributed by atoms with Crippen LogP contribution in [0.4, 0.5) is 0 Å². The topological polar surface area (TPSA) is 47.9 Å². The lowest BCUT2D eigenvalue weighted by Gasteiger charge is -2.08. The molecule has 0 aliphatic rings. The van der Waals surface area contributed by atoms with Crippen LogP contribution < -0.4 is 0 Å². The van der Waals surface area contributed by atoms with Crippen molar-refractivity contribution in [2.24, 2.45) is 5.16 Å². The molecule has 124 valence electrons. The van der Waals surface area contributed by atoms with E-state index in [-0.39, 0.29) is 5.97 Å². The van der Waals surface area contributed by atoms with Crippen LogP contribution in [0.1, 0.15) is 28.4 Å². The second kappa shape index (κ2) is 9.30. The van der Waals surface area contributed by atoms with Gasteiger partial charge in [0, 0.05) is 6.42 Å². The van der Waals surface area contributed by atoms with Crippen LogP contribution in [0, 0.1) is 0 Å². The van der Waals surface area contributed by atoms with Crippen LogP contribution in [0.3, 0.4) is 0 Å². The maximum absolute atomic E-state index is 11.7. The van der Waals surface area contributed by atoms with E-state index >= 15 is 0 Å². The normalized spacial score (nSPS) is 11.0. The Balaban J connectivity index is 2.15. The first-order valence-electron chi connectivity index (χ1n) is 7.85. The SMILES string of the molecule is C=CCO/N=C(\Cc1ccc(C(=O)OCC)cc1)c1ccccc1. The minimum Gasteiger partial charge on any atom is -0.462 e. The average Bonchev–Trinajstić information content (AvgIpc) is 2.62. The van der Waals surface area contributed by atoms with Crippen LogP contribution in [-0.2, 0) is 16.0 Å². The summed E-state index contributed by atoms with van der Waals surface area (Å²) in [6.07, 6.45) is 2.25. The summed E-state index contributed by atoms with van der Waals surface area (Å²) in [5.41, 5.74) is 3.40. The minimum absolute atomic E-state index is 0.310. The van der Waals surface area contributed by atoms with E-state index in [1.807, 2.05) is 42.5 Å². The summed E-state index contributed by atoms with van der Waals surface area (Å²) in [6.45, 7) is 6.13. The number of carbonyl (C=O) groups is 1. The van der Waals surface area contributed by atoms with E-state index in [0.29, 0.717) is 25.2 Å². The number of oxime groups is 1. The van der Waals surface area contributed by atoms with Gasteiger partial charge in [-0.25, -0.2) is 4.79 Å². The highest BCUT2D eigenvalue weighted by Gasteiger charge is 2.09. The fourth-order valence-electron chi connectivity index (χ4n) is 2.15. The van der Waals surface area contributed by atoms with Gasteiger partial charge in [0.25, 0.3) is 0 Å². The van der Waals surface area contributed by atoms with E-state index in [2.05, 4.69) is 11.7 Å². The van der Waals surface area contributed by atoms with Gasteiger partial charge in [-0.2, -0.15) is 0 Å². The maximum atomic E-state index is 11.7. The van der Waals surface area contributed by atoms with Crippen molar-refractivity contribution in [1.82, 2.24) is 0 Å². The Hall–Kier alpha value is -2.88. The highest BCUT2D eigenvalue weighted by molar-refractivity contribution is 6.01. The van der Waals surface area contributed by atoms with Gasteiger partial charge in [0.1, 0.15) is 6.61 Å². The van der Waals surface area contributed by atoms with Crippen molar-refractivity contribution in [2.75, 3.05) is 13.2 Å². The summed E-state index contributed by atoms with van der Waals surface area (Å²) in [6, 6.07) is 17.2. The average molecular weight is 323 g/mol. The van der Waals surface area contributed by atoms with Crippen molar-refractivity contribution in [3.05, 3.63) is 83.9 Å². The molecule has 0 fully saturated rings. The molecule has 2 aromatic carbocycles. The molecule has 0 spiro atoms. The Bertz CT molecular complexity index is 691. The van der Waals surface area contributed by atoms with Gasteiger partial charge in [-0.1, -0.05) is 60.3 Å². The summed E-state index contributed by atoms with van der Waals surface area (Å²) in [4.78, 5) is 17.0. The van der Waals surface area contributed by atoms with Gasteiger partial charge >= 0.3 is 5.97 Å². The van der Waals surface area contributed by atoms with E-state index in [1.54, 1.807) is 25.1 Å². The highest BCUT2D eigenvalue weighted by Crippen LogP contribution is 2.11. The van der Waals surface area contributed by atoms with Gasteiger partial charge in [0.05, 0.1) is 17.9 Å². The van der Waals surface area contributed by atoms with Gasteiger partial charge in [0.2, 0.25) is 0 Å². The quantitative estimate of drug-likeness (QED) is 0.242. The molecule has 0 unspecified atom stereocenters. The first-order valence-corrected chi connectivity index (χ1v) is 7.85. The molecule has 0 saturated carbocycles. The lowest BCUT2D eigenvalue weighted by atomic mass is 10.0. The molecule has 0 N–H and O–H groups in total. The number of nitrogens with zero attached hydrogens (tertiary/aromatic N) is 1. The van der Waals surface area contributed by atoms with Gasteiger partial charge in [-0.15, -0.1) is 0 Å². The van der Waals surface area contributed by atoms with Crippen molar-refractivity contribution in [3.8, 4) is 0 Å². The van der Waals surface area contributed by atoms with Gasteiger partial charge in [-0.05, 0) is 30.2 Å². The van der Waals surface area contributed by atoms with E-state index < -0.39 is 0 Å². The third-order valence-electron chi connectivity index (χ3n) is 3.31. The van der Waals surface area contributed by atoms with Crippen LogP contribution in [0.2, 0.25) is 0 Å². The number of rotatable bonds is 8. The number of hydrogen-bond donors (Lipinski definition) is 0. The van der Waals surface area contributed by atoms with Crippen molar-refractivity contribution in [2.45, 2.75) is 13.3 Å². The monoisotopic (exact) mass is 323 g/mol. The molecule has 4 heteroatoms. The second-order valence-electron chi connectivity index (χ2n) is 5.08. The highest BCUT2D eigenvalue weighted by atomic mass is 16.6. The fourth-order valence-corrected chi connectivity index (χ4v) is 2.15. The molecule has 0 atom stereocenters. The number of ether oxygens (including phenoxy) is 1. The molecule has 2 rings (SSSR count). The molecule has 0 radical (unpaired) electrons. The molecule has 0 aromatic heterocycles. The Morgan fingerprint density at radius 3 is 2.42 bits per heavy atom. The predicted molar refractivity (Wildman–Crippen MR) is 95.2 cm³/mol. The van der Waals surface area contributed by atoms with E-state index in [9.17, 15) is 4.79 Å². The summed E-state index contributed by atoms with van der Waals surface area (Å²) >= 11 is 0. The first-order chi connectivity index (χ1) is 11.7. The van der Waals surface area contributed by atoms with Crippen LogP contribution in [-0.4, -0.2) is 24.9 Å². The molecular weight excluding hydrogens is 302 g/mol. The molecule has 4 nitrogen and oxygen atoms in total. The van der Waals surface area contributed by atoms with Gasteiger partial charge in [0.15, 0.2) is 0 Å². The maximum Gasteiger partial charge on any atom is 0.338 e. The molecule has 0 aliphatic heterocycles. The first kappa shape index (κ1) is 17.5. The Morgan fingerprint density at radius 1 is 1.08 bits per heavy atom. The summed E-state index contributed by atoms with van der Waals surface area (Å²) < 4.78 is 4.99. The smallest absolute Gasteiger partial charge is 0.338 e. The Morgan fingerprint density at radius 2 is 1.79 bits per heavy atom.